The molecule has 0 atom stereocenters. The number of amides is 1. The van der Waals surface area contributed by atoms with Crippen LogP contribution in [0.15, 0.2) is 42.5 Å². The van der Waals surface area contributed by atoms with Crippen molar-refractivity contribution in [2.24, 2.45) is 0 Å². The molecule has 0 unspecified atom stereocenters. The van der Waals surface area contributed by atoms with Gasteiger partial charge in [0, 0.05) is 11.8 Å². The third-order valence-electron chi connectivity index (χ3n) is 2.57. The van der Waals surface area contributed by atoms with Crippen LogP contribution in [-0.4, -0.2) is 11.0 Å². The van der Waals surface area contributed by atoms with Crippen LogP contribution < -0.4 is 16.2 Å². The Hall–Kier alpha value is -2.61. The Kier molecular flexibility index (Phi) is 4.95. The molecule has 0 spiro atoms. The lowest BCUT2D eigenvalue weighted by atomic mass is 10.2. The number of carbonyl (C=O) groups excluding carboxylic acids is 1. The number of rotatable bonds is 2. The van der Waals surface area contributed by atoms with Gasteiger partial charge in [-0.25, -0.2) is 13.2 Å². The summed E-state index contributed by atoms with van der Waals surface area (Å²) < 4.78 is 38.9. The second kappa shape index (κ2) is 6.90. The number of hydrogen-bond acceptors (Lipinski definition) is 2. The SMILES string of the molecule is O=C(NNC(=S)Nc1ccc(F)cc1)c1ccc(F)cc1F. The highest BCUT2D eigenvalue weighted by Gasteiger charge is 2.12. The zero-order valence-corrected chi connectivity index (χ0v) is 11.8. The molecule has 0 fully saturated rings. The first-order valence-corrected chi connectivity index (χ1v) is 6.44. The van der Waals surface area contributed by atoms with Crippen molar-refractivity contribution in [3.8, 4) is 0 Å². The molecule has 2 aromatic rings. The lowest BCUT2D eigenvalue weighted by Gasteiger charge is -2.11. The normalized spacial score (nSPS) is 9.95. The van der Waals surface area contributed by atoms with Crippen molar-refractivity contribution in [1.82, 2.24) is 10.9 Å². The Morgan fingerprint density at radius 2 is 1.55 bits per heavy atom. The van der Waals surface area contributed by atoms with Crippen molar-refractivity contribution in [2.75, 3.05) is 5.32 Å². The zero-order chi connectivity index (χ0) is 16.1. The van der Waals surface area contributed by atoms with Gasteiger partial charge in [-0.3, -0.25) is 15.6 Å². The Bertz CT molecular complexity index is 707. The fraction of sp³-hybridized carbons (Fsp3) is 0. The maximum absolute atomic E-state index is 13.4. The molecule has 22 heavy (non-hydrogen) atoms. The van der Waals surface area contributed by atoms with Crippen LogP contribution in [0.5, 0.6) is 0 Å². The second-order valence-corrected chi connectivity index (χ2v) is 4.57. The first-order valence-electron chi connectivity index (χ1n) is 6.03. The van der Waals surface area contributed by atoms with E-state index in [1.807, 2.05) is 0 Å². The standard InChI is InChI=1S/C14H10F3N3OS/c15-8-1-4-10(5-2-8)18-14(22)20-19-13(21)11-6-3-9(16)7-12(11)17/h1-7H,(H,19,21)(H2,18,20,22). The van der Waals surface area contributed by atoms with Crippen LogP contribution in [0.1, 0.15) is 10.4 Å². The summed E-state index contributed by atoms with van der Waals surface area (Å²) in [6.45, 7) is 0. The predicted octanol–water partition coefficient (Wildman–Crippen LogP) is 2.74. The maximum atomic E-state index is 13.4. The van der Waals surface area contributed by atoms with Crippen LogP contribution in [0, 0.1) is 17.5 Å². The molecule has 3 N–H and O–H groups in total. The average molecular weight is 325 g/mol. The van der Waals surface area contributed by atoms with Crippen LogP contribution in [0.3, 0.4) is 0 Å². The molecule has 0 aliphatic carbocycles. The largest absolute Gasteiger partial charge is 0.331 e. The van der Waals surface area contributed by atoms with Crippen LogP contribution >= 0.6 is 12.2 Å². The summed E-state index contributed by atoms with van der Waals surface area (Å²) in [7, 11) is 0. The minimum Gasteiger partial charge on any atom is -0.331 e. The number of thiocarbonyl (C=S) groups is 1. The van der Waals surface area contributed by atoms with Crippen LogP contribution in [0.4, 0.5) is 18.9 Å². The Labute approximate surface area is 129 Å². The van der Waals surface area contributed by atoms with Crippen molar-refractivity contribution < 1.29 is 18.0 Å². The second-order valence-electron chi connectivity index (χ2n) is 4.16. The molecule has 1 amide bonds. The quantitative estimate of drug-likeness (QED) is 0.587. The van der Waals surface area contributed by atoms with E-state index in [1.165, 1.54) is 24.3 Å². The lowest BCUT2D eigenvalue weighted by molar-refractivity contribution is 0.0940. The zero-order valence-electron chi connectivity index (χ0n) is 11.0. The number of hydrogen-bond donors (Lipinski definition) is 3. The van der Waals surface area contributed by atoms with Crippen LogP contribution in [0.25, 0.3) is 0 Å². The van der Waals surface area contributed by atoms with E-state index >= 15 is 0 Å². The smallest absolute Gasteiger partial charge is 0.272 e. The first-order chi connectivity index (χ1) is 10.5. The van der Waals surface area contributed by atoms with Crippen molar-refractivity contribution in [3.05, 3.63) is 65.5 Å². The van der Waals surface area contributed by atoms with Gasteiger partial charge in [-0.1, -0.05) is 0 Å². The molecule has 0 bridgehead atoms. The van der Waals surface area contributed by atoms with Gasteiger partial charge in [-0.05, 0) is 48.6 Å². The van der Waals surface area contributed by atoms with Crippen molar-refractivity contribution >= 4 is 28.9 Å². The molecule has 2 rings (SSSR count). The molecule has 0 saturated heterocycles. The van der Waals surface area contributed by atoms with Gasteiger partial charge in [0.05, 0.1) is 5.56 Å². The number of halogens is 3. The third kappa shape index (κ3) is 4.19. The highest BCUT2D eigenvalue weighted by Crippen LogP contribution is 2.09. The highest BCUT2D eigenvalue weighted by atomic mass is 32.1. The van der Waals surface area contributed by atoms with Gasteiger partial charge in [0.25, 0.3) is 5.91 Å². The van der Waals surface area contributed by atoms with Crippen molar-refractivity contribution in [2.45, 2.75) is 0 Å². The molecule has 0 saturated carbocycles. The number of anilines is 1. The summed E-state index contributed by atoms with van der Waals surface area (Å²) >= 11 is 4.91. The van der Waals surface area contributed by atoms with Crippen LogP contribution in [-0.2, 0) is 0 Å². The molecule has 2 aromatic carbocycles. The minimum absolute atomic E-state index is 0.0162. The molecule has 4 nitrogen and oxygen atoms in total. The van der Waals surface area contributed by atoms with E-state index in [2.05, 4.69) is 16.2 Å². The van der Waals surface area contributed by atoms with E-state index in [4.69, 9.17) is 12.2 Å². The van der Waals surface area contributed by atoms with E-state index in [1.54, 1.807) is 0 Å². The number of hydrazine groups is 1. The summed E-state index contributed by atoms with van der Waals surface area (Å²) in [4.78, 5) is 11.7. The summed E-state index contributed by atoms with van der Waals surface area (Å²) in [5, 5.41) is 2.70. The molecular formula is C14H10F3N3OS. The van der Waals surface area contributed by atoms with E-state index in [-0.39, 0.29) is 10.7 Å². The Morgan fingerprint density at radius 1 is 0.909 bits per heavy atom. The van der Waals surface area contributed by atoms with Gasteiger partial charge in [0.15, 0.2) is 5.11 Å². The molecular weight excluding hydrogens is 315 g/mol. The third-order valence-corrected chi connectivity index (χ3v) is 2.77. The number of benzene rings is 2. The Balaban J connectivity index is 1.90. The van der Waals surface area contributed by atoms with E-state index < -0.39 is 23.4 Å². The predicted molar refractivity (Wildman–Crippen MR) is 79.6 cm³/mol. The molecule has 0 radical (unpaired) electrons. The number of carbonyl (C=O) groups is 1. The maximum Gasteiger partial charge on any atom is 0.272 e. The Morgan fingerprint density at radius 3 is 2.18 bits per heavy atom. The molecule has 0 aliphatic heterocycles. The van der Waals surface area contributed by atoms with Gasteiger partial charge in [0.2, 0.25) is 0 Å². The molecule has 0 aromatic heterocycles. The monoisotopic (exact) mass is 325 g/mol. The number of nitrogens with one attached hydrogen (secondary N) is 3. The molecule has 8 heteroatoms. The average Bonchev–Trinajstić information content (AvgIpc) is 2.47. The minimum atomic E-state index is -0.989. The lowest BCUT2D eigenvalue weighted by Crippen LogP contribution is -2.44. The van der Waals surface area contributed by atoms with E-state index in [0.717, 1.165) is 12.1 Å². The van der Waals surface area contributed by atoms with Crippen molar-refractivity contribution in [3.63, 3.8) is 0 Å². The van der Waals surface area contributed by atoms with Crippen LogP contribution in [0.2, 0.25) is 0 Å². The van der Waals surface area contributed by atoms with Gasteiger partial charge in [-0.2, -0.15) is 0 Å². The van der Waals surface area contributed by atoms with Gasteiger partial charge in [-0.15, -0.1) is 0 Å². The van der Waals surface area contributed by atoms with E-state index in [0.29, 0.717) is 11.8 Å². The summed E-state index contributed by atoms with van der Waals surface area (Å²) in [6.07, 6.45) is 0. The fourth-order valence-electron chi connectivity index (χ4n) is 1.55. The van der Waals surface area contributed by atoms with Gasteiger partial charge < -0.3 is 5.32 Å². The fourth-order valence-corrected chi connectivity index (χ4v) is 1.72. The summed E-state index contributed by atoms with van der Waals surface area (Å²) in [6, 6.07) is 7.94. The molecule has 0 aliphatic rings. The first kappa shape index (κ1) is 15.8. The highest BCUT2D eigenvalue weighted by molar-refractivity contribution is 7.80. The van der Waals surface area contributed by atoms with Gasteiger partial charge in [0.1, 0.15) is 17.5 Å². The summed E-state index contributed by atoms with van der Waals surface area (Å²) in [5.74, 6) is -2.99. The molecule has 114 valence electrons. The van der Waals surface area contributed by atoms with Gasteiger partial charge >= 0.3 is 0 Å². The summed E-state index contributed by atoms with van der Waals surface area (Å²) in [5.41, 5.74) is 4.68. The topological polar surface area (TPSA) is 53.2 Å². The van der Waals surface area contributed by atoms with E-state index in [9.17, 15) is 18.0 Å². The van der Waals surface area contributed by atoms with Crippen molar-refractivity contribution in [1.29, 1.82) is 0 Å². The molecule has 0 heterocycles.